The van der Waals surface area contributed by atoms with Crippen molar-refractivity contribution in [2.24, 2.45) is 0 Å². The van der Waals surface area contributed by atoms with Gasteiger partial charge in [0.25, 0.3) is 0 Å². The molecule has 1 spiro atoms. The summed E-state index contributed by atoms with van der Waals surface area (Å²) in [6, 6.07) is 14.8. The van der Waals surface area contributed by atoms with Crippen LogP contribution in [0.15, 0.2) is 48.7 Å². The van der Waals surface area contributed by atoms with Gasteiger partial charge in [-0.2, -0.15) is 0 Å². The minimum absolute atomic E-state index is 0.0345. The lowest BCUT2D eigenvalue weighted by Gasteiger charge is -2.46. The zero-order chi connectivity index (χ0) is 19.7. The molecule has 1 aliphatic heterocycles. The number of hydrogen-bond donors (Lipinski definition) is 2. The minimum Gasteiger partial charge on any atom is -0.391 e. The molecule has 3 atom stereocenters. The third kappa shape index (κ3) is 3.63. The Morgan fingerprint density at radius 3 is 2.72 bits per heavy atom. The molecule has 2 heterocycles. The summed E-state index contributed by atoms with van der Waals surface area (Å²) in [5.74, 6) is 0. The van der Waals surface area contributed by atoms with Gasteiger partial charge in [0.05, 0.1) is 17.7 Å². The summed E-state index contributed by atoms with van der Waals surface area (Å²) in [5, 5.41) is 14.3. The van der Waals surface area contributed by atoms with Gasteiger partial charge in [-0.05, 0) is 61.9 Å². The van der Waals surface area contributed by atoms with E-state index < -0.39 is 0 Å². The molecule has 2 fully saturated rings. The summed E-state index contributed by atoms with van der Waals surface area (Å²) >= 11 is 0. The van der Waals surface area contributed by atoms with E-state index in [1.54, 1.807) is 0 Å². The highest BCUT2D eigenvalue weighted by atomic mass is 16.5. The summed E-state index contributed by atoms with van der Waals surface area (Å²) in [6.07, 6.45) is 10.4. The number of benzene rings is 1. The highest BCUT2D eigenvalue weighted by Crippen LogP contribution is 2.49. The summed E-state index contributed by atoms with van der Waals surface area (Å²) in [5.41, 5.74) is 3.85. The van der Waals surface area contributed by atoms with E-state index in [4.69, 9.17) is 9.72 Å². The van der Waals surface area contributed by atoms with E-state index >= 15 is 0 Å². The van der Waals surface area contributed by atoms with E-state index in [-0.39, 0.29) is 23.2 Å². The van der Waals surface area contributed by atoms with E-state index in [9.17, 15) is 5.11 Å². The van der Waals surface area contributed by atoms with Crippen molar-refractivity contribution in [3.63, 3.8) is 0 Å². The van der Waals surface area contributed by atoms with Crippen molar-refractivity contribution in [3.8, 4) is 0 Å². The van der Waals surface area contributed by atoms with Crippen LogP contribution < -0.4 is 5.32 Å². The molecule has 4 heteroatoms. The monoisotopic (exact) mass is 392 g/mol. The number of aromatic nitrogens is 1. The lowest BCUT2D eigenvalue weighted by molar-refractivity contribution is -0.104. The average Bonchev–Trinajstić information content (AvgIpc) is 3.33. The van der Waals surface area contributed by atoms with Crippen LogP contribution in [0.5, 0.6) is 0 Å². The summed E-state index contributed by atoms with van der Waals surface area (Å²) in [7, 11) is 0. The number of fused-ring (bicyclic) bond motifs is 1. The molecule has 0 radical (unpaired) electrons. The summed E-state index contributed by atoms with van der Waals surface area (Å²) in [4.78, 5) is 4.80. The van der Waals surface area contributed by atoms with E-state index in [1.807, 2.05) is 12.3 Å². The zero-order valence-electron chi connectivity index (χ0n) is 17.1. The van der Waals surface area contributed by atoms with Crippen LogP contribution >= 0.6 is 0 Å². The van der Waals surface area contributed by atoms with Crippen LogP contribution in [0.4, 0.5) is 0 Å². The fourth-order valence-corrected chi connectivity index (χ4v) is 6.08. The average molecular weight is 393 g/mol. The minimum atomic E-state index is -0.339. The Bertz CT molecular complexity index is 834. The van der Waals surface area contributed by atoms with Crippen molar-refractivity contribution >= 4 is 0 Å². The first kappa shape index (κ1) is 19.2. The highest BCUT2D eigenvalue weighted by Gasteiger charge is 2.48. The number of aliphatic hydroxyl groups excluding tert-OH is 1. The van der Waals surface area contributed by atoms with Crippen LogP contribution in [-0.2, 0) is 16.6 Å². The molecule has 0 amide bonds. The number of rotatable bonds is 5. The Balaban J connectivity index is 1.35. The molecular formula is C25H32N2O2. The molecule has 1 aromatic carbocycles. The van der Waals surface area contributed by atoms with Crippen molar-refractivity contribution < 1.29 is 9.84 Å². The Hall–Kier alpha value is -1.75. The smallest absolute Gasteiger partial charge is 0.0775 e. The molecule has 1 saturated carbocycles. The summed E-state index contributed by atoms with van der Waals surface area (Å²) in [6.45, 7) is 1.70. The fraction of sp³-hybridized carbons (Fsp3) is 0.560. The molecule has 0 bridgehead atoms. The predicted octanol–water partition coefficient (Wildman–Crippen LogP) is 4.08. The van der Waals surface area contributed by atoms with E-state index in [0.29, 0.717) is 0 Å². The molecule has 2 aliphatic carbocycles. The Kier molecular flexibility index (Phi) is 5.19. The quantitative estimate of drug-likeness (QED) is 0.805. The van der Waals surface area contributed by atoms with Crippen molar-refractivity contribution in [3.05, 3.63) is 65.5 Å². The SMILES string of the molecule is O[C@@H]1Cc2ccccc2[C@H]1NCC[C@@]1(c2ccccn2)CCOC2(CCCC2)C1. The van der Waals surface area contributed by atoms with Crippen LogP contribution in [0, 0.1) is 0 Å². The maximum atomic E-state index is 10.6. The molecule has 0 unspecified atom stereocenters. The normalized spacial score (nSPS) is 30.5. The summed E-state index contributed by atoms with van der Waals surface area (Å²) < 4.78 is 6.36. The standard InChI is InChI=1S/C25H32N2O2/c28-21-17-19-7-1-2-8-20(19)23(21)27-15-12-24(22-9-3-6-14-26-22)13-16-29-25(18-24)10-4-5-11-25/h1-3,6-9,14,21,23,27-28H,4-5,10-13,15-18H2/t21-,23-,24-/m1/s1. The second kappa shape index (κ2) is 7.82. The first-order chi connectivity index (χ1) is 14.2. The van der Waals surface area contributed by atoms with E-state index in [1.165, 1.54) is 42.5 Å². The molecule has 5 rings (SSSR count). The molecule has 154 valence electrons. The van der Waals surface area contributed by atoms with Crippen LogP contribution in [0.3, 0.4) is 0 Å². The van der Waals surface area contributed by atoms with Gasteiger partial charge in [0.2, 0.25) is 0 Å². The number of nitrogens with zero attached hydrogens (tertiary/aromatic N) is 1. The zero-order valence-corrected chi connectivity index (χ0v) is 17.1. The van der Waals surface area contributed by atoms with Gasteiger partial charge in [-0.3, -0.25) is 4.98 Å². The molecule has 4 nitrogen and oxygen atoms in total. The van der Waals surface area contributed by atoms with Gasteiger partial charge < -0.3 is 15.2 Å². The third-order valence-electron chi connectivity index (χ3n) is 7.54. The van der Waals surface area contributed by atoms with Crippen LogP contribution in [0.25, 0.3) is 0 Å². The van der Waals surface area contributed by atoms with Gasteiger partial charge in [0.1, 0.15) is 0 Å². The van der Waals surface area contributed by atoms with Gasteiger partial charge in [0.15, 0.2) is 0 Å². The predicted molar refractivity (Wildman–Crippen MR) is 114 cm³/mol. The third-order valence-corrected chi connectivity index (χ3v) is 7.54. The van der Waals surface area contributed by atoms with Crippen LogP contribution in [0.2, 0.25) is 0 Å². The number of aliphatic hydroxyl groups is 1. The number of hydrogen-bond acceptors (Lipinski definition) is 4. The molecule has 1 saturated heterocycles. The highest BCUT2D eigenvalue weighted by molar-refractivity contribution is 5.36. The largest absolute Gasteiger partial charge is 0.391 e. The molecular weight excluding hydrogens is 360 g/mol. The Morgan fingerprint density at radius 2 is 1.90 bits per heavy atom. The van der Waals surface area contributed by atoms with E-state index in [2.05, 4.69) is 41.7 Å². The lowest BCUT2D eigenvalue weighted by Crippen LogP contribution is -2.47. The molecule has 2 aromatic rings. The second-order valence-electron chi connectivity index (χ2n) is 9.31. The number of ether oxygens (including phenoxy) is 1. The molecule has 3 aliphatic rings. The van der Waals surface area contributed by atoms with Crippen molar-refractivity contribution in [2.45, 2.75) is 74.5 Å². The molecule has 29 heavy (non-hydrogen) atoms. The maximum Gasteiger partial charge on any atom is 0.0775 e. The van der Waals surface area contributed by atoms with Crippen LogP contribution in [-0.4, -0.2) is 34.9 Å². The first-order valence-corrected chi connectivity index (χ1v) is 11.2. The van der Waals surface area contributed by atoms with Crippen molar-refractivity contribution in [1.82, 2.24) is 10.3 Å². The maximum absolute atomic E-state index is 10.6. The van der Waals surface area contributed by atoms with Gasteiger partial charge >= 0.3 is 0 Å². The van der Waals surface area contributed by atoms with E-state index in [0.717, 1.165) is 38.8 Å². The second-order valence-corrected chi connectivity index (χ2v) is 9.31. The van der Waals surface area contributed by atoms with Gasteiger partial charge in [0, 0.05) is 30.3 Å². The number of pyridine rings is 1. The van der Waals surface area contributed by atoms with Crippen LogP contribution in [0.1, 0.15) is 67.8 Å². The van der Waals surface area contributed by atoms with Crippen molar-refractivity contribution in [2.75, 3.05) is 13.2 Å². The first-order valence-electron chi connectivity index (χ1n) is 11.2. The molecule has 1 aromatic heterocycles. The van der Waals surface area contributed by atoms with Gasteiger partial charge in [-0.1, -0.05) is 43.2 Å². The lowest BCUT2D eigenvalue weighted by atomic mass is 9.68. The fourth-order valence-electron chi connectivity index (χ4n) is 6.08. The Labute approximate surface area is 173 Å². The molecule has 2 N–H and O–H groups in total. The topological polar surface area (TPSA) is 54.4 Å². The van der Waals surface area contributed by atoms with Crippen molar-refractivity contribution in [1.29, 1.82) is 0 Å². The van der Waals surface area contributed by atoms with Gasteiger partial charge in [-0.25, -0.2) is 0 Å². The van der Waals surface area contributed by atoms with Gasteiger partial charge in [-0.15, -0.1) is 0 Å². The number of nitrogens with one attached hydrogen (secondary N) is 1. The Morgan fingerprint density at radius 1 is 1.07 bits per heavy atom.